The minimum atomic E-state index is -0.125. The molecule has 1 unspecified atom stereocenters. The van der Waals surface area contributed by atoms with Gasteiger partial charge in [-0.15, -0.1) is 0 Å². The van der Waals surface area contributed by atoms with Crippen LogP contribution < -0.4 is 5.32 Å². The highest BCUT2D eigenvalue weighted by molar-refractivity contribution is 5.91. The fraction of sp³-hybridized carbons (Fsp3) is 0.333. The van der Waals surface area contributed by atoms with Crippen LogP contribution in [0.2, 0.25) is 0 Å². The Hall–Kier alpha value is -2.12. The second kappa shape index (κ2) is 6.72. The Kier molecular flexibility index (Phi) is 4.71. The van der Waals surface area contributed by atoms with Crippen LogP contribution in [0.3, 0.4) is 0 Å². The summed E-state index contributed by atoms with van der Waals surface area (Å²) in [5.74, 6) is -0.125. The summed E-state index contributed by atoms with van der Waals surface area (Å²) in [5.41, 5.74) is 1.51. The summed E-state index contributed by atoms with van der Waals surface area (Å²) >= 11 is 0. The van der Waals surface area contributed by atoms with Crippen LogP contribution in [-0.2, 0) is 9.53 Å². The maximum Gasteiger partial charge on any atom is 0.244 e. The van der Waals surface area contributed by atoms with Gasteiger partial charge in [0.15, 0.2) is 0 Å². The average molecular weight is 256 g/mol. The Labute approximate surface area is 112 Å². The highest BCUT2D eigenvalue weighted by Gasteiger charge is 2.15. The Morgan fingerprint density at radius 1 is 1.47 bits per heavy atom. The number of amides is 1. The lowest BCUT2D eigenvalue weighted by atomic mass is 10.1. The molecule has 0 aliphatic carbocycles. The number of benzene rings is 1. The van der Waals surface area contributed by atoms with Crippen molar-refractivity contribution in [3.63, 3.8) is 0 Å². The largest absolute Gasteiger partial charge is 0.376 e. The first kappa shape index (κ1) is 13.3. The van der Waals surface area contributed by atoms with E-state index in [1.54, 1.807) is 18.2 Å². The molecular formula is C15H16N2O2. The van der Waals surface area contributed by atoms with E-state index in [1.165, 1.54) is 6.08 Å². The van der Waals surface area contributed by atoms with E-state index in [1.807, 2.05) is 12.1 Å². The monoisotopic (exact) mass is 256 g/mol. The van der Waals surface area contributed by atoms with Crippen LogP contribution in [0.15, 0.2) is 30.3 Å². The quantitative estimate of drug-likeness (QED) is 0.836. The van der Waals surface area contributed by atoms with Gasteiger partial charge < -0.3 is 10.1 Å². The standard InChI is InChI=1S/C15H16N2O2/c16-10-13-5-3-12(4-6-13)7-8-15(18)17-11-14-2-1-9-19-14/h3-8,14H,1-2,9,11H2,(H,17,18)/b8-7+. The number of ether oxygens (including phenoxy) is 1. The fourth-order valence-electron chi connectivity index (χ4n) is 1.92. The first-order chi connectivity index (χ1) is 9.28. The Balaban J connectivity index is 1.80. The van der Waals surface area contributed by atoms with Gasteiger partial charge in [0, 0.05) is 19.2 Å². The van der Waals surface area contributed by atoms with Crippen LogP contribution in [0.25, 0.3) is 6.08 Å². The molecule has 0 radical (unpaired) electrons. The second-order valence-corrected chi connectivity index (χ2v) is 4.45. The van der Waals surface area contributed by atoms with E-state index in [2.05, 4.69) is 11.4 Å². The van der Waals surface area contributed by atoms with Crippen molar-refractivity contribution in [3.05, 3.63) is 41.5 Å². The number of carbonyl (C=O) groups is 1. The molecular weight excluding hydrogens is 240 g/mol. The topological polar surface area (TPSA) is 62.1 Å². The van der Waals surface area contributed by atoms with Gasteiger partial charge in [-0.3, -0.25) is 4.79 Å². The number of nitrogens with zero attached hydrogens (tertiary/aromatic N) is 1. The van der Waals surface area contributed by atoms with Crippen molar-refractivity contribution in [2.45, 2.75) is 18.9 Å². The molecule has 1 aliphatic rings. The van der Waals surface area contributed by atoms with Crippen molar-refractivity contribution in [1.29, 1.82) is 5.26 Å². The normalized spacial score (nSPS) is 18.4. The molecule has 0 bridgehead atoms. The van der Waals surface area contributed by atoms with E-state index in [-0.39, 0.29) is 12.0 Å². The Morgan fingerprint density at radius 2 is 2.26 bits per heavy atom. The molecule has 1 aromatic rings. The predicted molar refractivity (Wildman–Crippen MR) is 72.2 cm³/mol. The molecule has 1 fully saturated rings. The van der Waals surface area contributed by atoms with Gasteiger partial charge in [-0.1, -0.05) is 12.1 Å². The molecule has 0 saturated carbocycles. The summed E-state index contributed by atoms with van der Waals surface area (Å²) in [7, 11) is 0. The molecule has 2 rings (SSSR count). The third kappa shape index (κ3) is 4.23. The van der Waals surface area contributed by atoms with Gasteiger partial charge in [0.25, 0.3) is 0 Å². The maximum atomic E-state index is 11.6. The van der Waals surface area contributed by atoms with Crippen molar-refractivity contribution in [1.82, 2.24) is 5.32 Å². The van der Waals surface area contributed by atoms with Crippen molar-refractivity contribution in [2.75, 3.05) is 13.2 Å². The molecule has 98 valence electrons. The zero-order valence-electron chi connectivity index (χ0n) is 10.6. The van der Waals surface area contributed by atoms with Crippen molar-refractivity contribution in [2.24, 2.45) is 0 Å². The molecule has 19 heavy (non-hydrogen) atoms. The molecule has 1 saturated heterocycles. The van der Waals surface area contributed by atoms with Crippen LogP contribution in [-0.4, -0.2) is 25.2 Å². The van der Waals surface area contributed by atoms with Gasteiger partial charge in [-0.05, 0) is 36.6 Å². The summed E-state index contributed by atoms with van der Waals surface area (Å²) in [5, 5.41) is 11.5. The first-order valence-corrected chi connectivity index (χ1v) is 6.35. The number of hydrogen-bond acceptors (Lipinski definition) is 3. The lowest BCUT2D eigenvalue weighted by Crippen LogP contribution is -2.30. The van der Waals surface area contributed by atoms with E-state index in [9.17, 15) is 4.79 Å². The molecule has 0 spiro atoms. The molecule has 0 aromatic heterocycles. The molecule has 1 aromatic carbocycles. The van der Waals surface area contributed by atoms with Gasteiger partial charge in [0.2, 0.25) is 5.91 Å². The zero-order chi connectivity index (χ0) is 13.5. The number of carbonyl (C=O) groups excluding carboxylic acids is 1. The molecule has 4 nitrogen and oxygen atoms in total. The highest BCUT2D eigenvalue weighted by atomic mass is 16.5. The molecule has 1 amide bonds. The van der Waals surface area contributed by atoms with E-state index >= 15 is 0 Å². The number of rotatable bonds is 4. The minimum absolute atomic E-state index is 0.125. The summed E-state index contributed by atoms with van der Waals surface area (Å²) in [6, 6.07) is 9.12. The summed E-state index contributed by atoms with van der Waals surface area (Å²) in [6.45, 7) is 1.36. The molecule has 1 aliphatic heterocycles. The molecule has 4 heteroatoms. The average Bonchev–Trinajstić information content (AvgIpc) is 2.96. The van der Waals surface area contributed by atoms with Gasteiger partial charge in [-0.2, -0.15) is 5.26 Å². The van der Waals surface area contributed by atoms with Crippen LogP contribution in [0, 0.1) is 11.3 Å². The van der Waals surface area contributed by atoms with Gasteiger partial charge >= 0.3 is 0 Å². The Bertz CT molecular complexity index is 494. The van der Waals surface area contributed by atoms with E-state index in [0.717, 1.165) is 25.0 Å². The van der Waals surface area contributed by atoms with Crippen LogP contribution in [0.4, 0.5) is 0 Å². The number of nitrogens with one attached hydrogen (secondary N) is 1. The SMILES string of the molecule is N#Cc1ccc(/C=C/C(=O)NCC2CCCO2)cc1. The third-order valence-electron chi connectivity index (χ3n) is 2.99. The van der Waals surface area contributed by atoms with E-state index < -0.39 is 0 Å². The number of hydrogen-bond donors (Lipinski definition) is 1. The summed E-state index contributed by atoms with van der Waals surface area (Å²) in [6.07, 6.45) is 5.47. The van der Waals surface area contributed by atoms with Crippen LogP contribution in [0.5, 0.6) is 0 Å². The smallest absolute Gasteiger partial charge is 0.244 e. The first-order valence-electron chi connectivity index (χ1n) is 6.35. The molecule has 1 heterocycles. The van der Waals surface area contributed by atoms with Crippen molar-refractivity contribution < 1.29 is 9.53 Å². The predicted octanol–water partition coefficient (Wildman–Crippen LogP) is 1.87. The zero-order valence-corrected chi connectivity index (χ0v) is 10.6. The Morgan fingerprint density at radius 3 is 2.89 bits per heavy atom. The third-order valence-corrected chi connectivity index (χ3v) is 2.99. The van der Waals surface area contributed by atoms with E-state index in [0.29, 0.717) is 12.1 Å². The van der Waals surface area contributed by atoms with Gasteiger partial charge in [0.05, 0.1) is 17.7 Å². The van der Waals surface area contributed by atoms with Crippen molar-refractivity contribution >= 4 is 12.0 Å². The lowest BCUT2D eigenvalue weighted by molar-refractivity contribution is -0.116. The van der Waals surface area contributed by atoms with Gasteiger partial charge in [0.1, 0.15) is 0 Å². The lowest BCUT2D eigenvalue weighted by Gasteiger charge is -2.08. The molecule has 1 atom stereocenters. The number of nitriles is 1. The fourth-order valence-corrected chi connectivity index (χ4v) is 1.92. The van der Waals surface area contributed by atoms with Crippen LogP contribution >= 0.6 is 0 Å². The summed E-state index contributed by atoms with van der Waals surface area (Å²) < 4.78 is 5.42. The van der Waals surface area contributed by atoms with E-state index in [4.69, 9.17) is 10.00 Å². The minimum Gasteiger partial charge on any atom is -0.376 e. The van der Waals surface area contributed by atoms with Crippen LogP contribution in [0.1, 0.15) is 24.0 Å². The van der Waals surface area contributed by atoms with Crippen molar-refractivity contribution in [3.8, 4) is 6.07 Å². The molecule has 1 N–H and O–H groups in total. The van der Waals surface area contributed by atoms with Gasteiger partial charge in [-0.25, -0.2) is 0 Å². The second-order valence-electron chi connectivity index (χ2n) is 4.45. The highest BCUT2D eigenvalue weighted by Crippen LogP contribution is 2.10. The maximum absolute atomic E-state index is 11.6. The summed E-state index contributed by atoms with van der Waals surface area (Å²) in [4.78, 5) is 11.6.